The van der Waals surface area contributed by atoms with Crippen LogP contribution in [0.4, 0.5) is 0 Å². The molecule has 0 heterocycles. The average Bonchev–Trinajstić information content (AvgIpc) is 2.21. The highest BCUT2D eigenvalue weighted by Gasteiger charge is 2.21. The molecule has 0 aliphatic heterocycles. The van der Waals surface area contributed by atoms with Crippen molar-refractivity contribution in [1.29, 1.82) is 0 Å². The zero-order valence-corrected chi connectivity index (χ0v) is 11.4. The van der Waals surface area contributed by atoms with Gasteiger partial charge in [-0.2, -0.15) is 0 Å². The number of hydrogen-bond donors (Lipinski definition) is 2. The Bertz CT molecular complexity index is 401. The van der Waals surface area contributed by atoms with Crippen LogP contribution in [-0.4, -0.2) is 18.2 Å². The molecule has 0 saturated heterocycles. The van der Waals surface area contributed by atoms with Gasteiger partial charge in [-0.3, -0.25) is 4.79 Å². The van der Waals surface area contributed by atoms with Gasteiger partial charge in [0.1, 0.15) is 11.8 Å². The number of aromatic hydroxyl groups is 1. The number of carbonyl (C=O) groups is 1. The molecule has 7 heteroatoms. The Balaban J connectivity index is 0.00000225. The number of phenolic OH excluding ortho intramolecular Hbond substituents is 1. The van der Waals surface area contributed by atoms with E-state index in [1.165, 1.54) is 19.2 Å². The average molecular weight is 331 g/mol. The van der Waals surface area contributed by atoms with Crippen LogP contribution in [0.5, 0.6) is 5.75 Å². The number of halogens is 3. The van der Waals surface area contributed by atoms with Crippen LogP contribution >= 0.6 is 39.9 Å². The number of benzene rings is 1. The van der Waals surface area contributed by atoms with Gasteiger partial charge in [0.2, 0.25) is 0 Å². The van der Waals surface area contributed by atoms with E-state index in [4.69, 9.17) is 17.3 Å². The van der Waals surface area contributed by atoms with Crippen molar-refractivity contribution < 1.29 is 14.6 Å². The highest BCUT2D eigenvalue weighted by atomic mass is 79.9. The minimum absolute atomic E-state index is 0. The molecule has 0 aromatic heterocycles. The molecular weight excluding hydrogens is 321 g/mol. The fourth-order valence-electron chi connectivity index (χ4n) is 1.08. The van der Waals surface area contributed by atoms with Crippen molar-refractivity contribution >= 4 is 45.9 Å². The number of phenols is 1. The van der Waals surface area contributed by atoms with Gasteiger partial charge < -0.3 is 15.6 Å². The first-order chi connectivity index (χ1) is 6.97. The number of carbonyl (C=O) groups excluding carboxylic acids is 1. The molecular formula is C9H10BrCl2NO3. The lowest BCUT2D eigenvalue weighted by molar-refractivity contribution is -0.142. The lowest BCUT2D eigenvalue weighted by atomic mass is 10.1. The predicted molar refractivity (Wildman–Crippen MR) is 67.0 cm³/mol. The van der Waals surface area contributed by atoms with Crippen molar-refractivity contribution in [3.05, 3.63) is 27.2 Å². The summed E-state index contributed by atoms with van der Waals surface area (Å²) < 4.78 is 4.85. The summed E-state index contributed by atoms with van der Waals surface area (Å²) in [7, 11) is 1.22. The summed E-state index contributed by atoms with van der Waals surface area (Å²) >= 11 is 8.86. The summed E-state index contributed by atoms with van der Waals surface area (Å²) in [5, 5.41) is 10.0. The lowest BCUT2D eigenvalue weighted by Gasteiger charge is -2.12. The van der Waals surface area contributed by atoms with Crippen molar-refractivity contribution in [2.45, 2.75) is 6.04 Å². The molecule has 1 rings (SSSR count). The molecule has 0 amide bonds. The summed E-state index contributed by atoms with van der Waals surface area (Å²) in [4.78, 5) is 11.2. The van der Waals surface area contributed by atoms with Gasteiger partial charge in [-0.25, -0.2) is 0 Å². The number of nitrogens with two attached hydrogens (primary N) is 1. The predicted octanol–water partition coefficient (Wildman–Crippen LogP) is 2.40. The highest BCUT2D eigenvalue weighted by Crippen LogP contribution is 2.34. The zero-order chi connectivity index (χ0) is 11.6. The van der Waals surface area contributed by atoms with Gasteiger partial charge in [-0.05, 0) is 28.1 Å². The monoisotopic (exact) mass is 329 g/mol. The van der Waals surface area contributed by atoms with Crippen LogP contribution in [0.2, 0.25) is 5.02 Å². The lowest BCUT2D eigenvalue weighted by Crippen LogP contribution is -2.22. The molecule has 0 spiro atoms. The fraction of sp³-hybridized carbons (Fsp3) is 0.222. The second kappa shape index (κ2) is 6.30. The van der Waals surface area contributed by atoms with E-state index in [-0.39, 0.29) is 23.7 Å². The molecule has 0 fully saturated rings. The molecule has 0 saturated carbocycles. The van der Waals surface area contributed by atoms with Gasteiger partial charge in [-0.1, -0.05) is 11.6 Å². The Hall–Kier alpha value is -0.490. The molecule has 0 aliphatic carbocycles. The third-order valence-corrected chi connectivity index (χ3v) is 2.67. The smallest absolute Gasteiger partial charge is 0.327 e. The van der Waals surface area contributed by atoms with E-state index in [0.29, 0.717) is 9.50 Å². The molecule has 90 valence electrons. The molecule has 1 aromatic carbocycles. The van der Waals surface area contributed by atoms with Gasteiger partial charge in [0, 0.05) is 10.6 Å². The Kier molecular flexibility index (Phi) is 6.10. The van der Waals surface area contributed by atoms with Crippen LogP contribution in [0.1, 0.15) is 11.6 Å². The third-order valence-electron chi connectivity index (χ3n) is 1.85. The maximum absolute atomic E-state index is 11.2. The van der Waals surface area contributed by atoms with Gasteiger partial charge in [0.15, 0.2) is 0 Å². The Morgan fingerprint density at radius 2 is 2.19 bits per heavy atom. The normalized spacial score (nSPS) is 11.5. The van der Waals surface area contributed by atoms with E-state index < -0.39 is 12.0 Å². The minimum Gasteiger partial charge on any atom is -0.506 e. The van der Waals surface area contributed by atoms with Crippen LogP contribution in [0, 0.1) is 0 Å². The summed E-state index contributed by atoms with van der Waals surface area (Å²) in [5.41, 5.74) is 5.80. The molecule has 0 aliphatic rings. The highest BCUT2D eigenvalue weighted by molar-refractivity contribution is 9.10. The summed E-state index contributed by atoms with van der Waals surface area (Å²) in [6, 6.07) is 1.87. The van der Waals surface area contributed by atoms with Crippen LogP contribution in [0.15, 0.2) is 16.6 Å². The number of esters is 1. The van der Waals surface area contributed by atoms with Crippen molar-refractivity contribution in [3.63, 3.8) is 0 Å². The molecule has 16 heavy (non-hydrogen) atoms. The van der Waals surface area contributed by atoms with Crippen molar-refractivity contribution in [1.82, 2.24) is 0 Å². The Morgan fingerprint density at radius 3 is 2.69 bits per heavy atom. The molecule has 0 bridgehead atoms. The molecule has 0 radical (unpaired) electrons. The van der Waals surface area contributed by atoms with Gasteiger partial charge in [0.05, 0.1) is 11.6 Å². The SMILES string of the molecule is COC(=O)[C@H](N)c1cc(Cl)cc(Br)c1O.Cl. The van der Waals surface area contributed by atoms with Crippen molar-refractivity contribution in [2.75, 3.05) is 7.11 Å². The third kappa shape index (κ3) is 3.25. The van der Waals surface area contributed by atoms with Gasteiger partial charge in [0.25, 0.3) is 0 Å². The van der Waals surface area contributed by atoms with Crippen LogP contribution in [-0.2, 0) is 9.53 Å². The van der Waals surface area contributed by atoms with Crippen molar-refractivity contribution in [2.24, 2.45) is 5.73 Å². The first-order valence-electron chi connectivity index (χ1n) is 3.98. The molecule has 0 unspecified atom stereocenters. The number of rotatable bonds is 2. The molecule has 1 atom stereocenters. The quantitative estimate of drug-likeness (QED) is 0.817. The van der Waals surface area contributed by atoms with E-state index in [2.05, 4.69) is 20.7 Å². The van der Waals surface area contributed by atoms with Gasteiger partial charge >= 0.3 is 5.97 Å². The van der Waals surface area contributed by atoms with E-state index in [9.17, 15) is 9.90 Å². The number of ether oxygens (including phenoxy) is 1. The fourth-order valence-corrected chi connectivity index (χ4v) is 1.91. The first-order valence-corrected chi connectivity index (χ1v) is 5.15. The number of methoxy groups -OCH3 is 1. The van der Waals surface area contributed by atoms with E-state index in [1.54, 1.807) is 0 Å². The maximum atomic E-state index is 11.2. The summed E-state index contributed by atoms with van der Waals surface area (Å²) in [6.45, 7) is 0. The molecule has 3 N–H and O–H groups in total. The van der Waals surface area contributed by atoms with E-state index >= 15 is 0 Å². The minimum atomic E-state index is -1.05. The zero-order valence-electron chi connectivity index (χ0n) is 8.24. The largest absolute Gasteiger partial charge is 0.506 e. The Labute approximate surface area is 112 Å². The Morgan fingerprint density at radius 1 is 1.62 bits per heavy atom. The van der Waals surface area contributed by atoms with Gasteiger partial charge in [-0.15, -0.1) is 12.4 Å². The summed E-state index contributed by atoms with van der Waals surface area (Å²) in [6.07, 6.45) is 0. The number of hydrogen-bond acceptors (Lipinski definition) is 4. The molecule has 1 aromatic rings. The second-order valence-corrected chi connectivity index (χ2v) is 4.12. The van der Waals surface area contributed by atoms with Crippen molar-refractivity contribution in [3.8, 4) is 5.75 Å². The maximum Gasteiger partial charge on any atom is 0.327 e. The topological polar surface area (TPSA) is 72.5 Å². The van der Waals surface area contributed by atoms with E-state index in [0.717, 1.165) is 0 Å². The second-order valence-electron chi connectivity index (χ2n) is 2.83. The standard InChI is InChI=1S/C9H9BrClNO3.ClH/c1-15-9(14)7(12)5-2-4(11)3-6(10)8(5)13;/h2-3,7,13H,12H2,1H3;1H/t7-;/m1./s1. The first kappa shape index (κ1) is 15.5. The van der Waals surface area contributed by atoms with Crippen LogP contribution in [0.25, 0.3) is 0 Å². The van der Waals surface area contributed by atoms with Crippen LogP contribution in [0.3, 0.4) is 0 Å². The van der Waals surface area contributed by atoms with E-state index in [1.807, 2.05) is 0 Å². The van der Waals surface area contributed by atoms with Crippen LogP contribution < -0.4 is 5.73 Å². The summed E-state index contributed by atoms with van der Waals surface area (Å²) in [5.74, 6) is -0.753. The molecule has 4 nitrogen and oxygen atoms in total.